The van der Waals surface area contributed by atoms with Gasteiger partial charge in [0.25, 0.3) is 0 Å². The number of hydrogen-bond donors (Lipinski definition) is 1. The monoisotopic (exact) mass is 166 g/mol. The molecule has 0 amide bonds. The number of pyridine rings is 1. The molecule has 0 bridgehead atoms. The van der Waals surface area contributed by atoms with E-state index >= 15 is 0 Å². The molecule has 0 atom stereocenters. The van der Waals surface area contributed by atoms with E-state index in [1.807, 2.05) is 34.6 Å². The third-order valence-corrected chi connectivity index (χ3v) is 1.70. The molecule has 1 aromatic rings. The fourth-order valence-electron chi connectivity index (χ4n) is 0.860. The maximum absolute atomic E-state index is 5.58. The zero-order valence-corrected chi connectivity index (χ0v) is 8.60. The van der Waals surface area contributed by atoms with Crippen molar-refractivity contribution >= 4 is 5.82 Å². The summed E-state index contributed by atoms with van der Waals surface area (Å²) in [6.45, 7) is 9.97. The van der Waals surface area contributed by atoms with Gasteiger partial charge in [0.1, 0.15) is 5.82 Å². The van der Waals surface area contributed by atoms with Crippen LogP contribution in [0.25, 0.3) is 0 Å². The number of anilines is 1. The molecule has 0 aliphatic carbocycles. The van der Waals surface area contributed by atoms with Crippen molar-refractivity contribution in [3.05, 3.63) is 22.9 Å². The van der Waals surface area contributed by atoms with Crippen molar-refractivity contribution in [3.63, 3.8) is 0 Å². The van der Waals surface area contributed by atoms with E-state index in [2.05, 4.69) is 11.1 Å². The van der Waals surface area contributed by atoms with Gasteiger partial charge in [-0.15, -0.1) is 0 Å². The molecular formula is C10H18N2. The number of rotatable bonds is 0. The van der Waals surface area contributed by atoms with E-state index in [1.165, 1.54) is 5.56 Å². The van der Waals surface area contributed by atoms with Crippen molar-refractivity contribution in [3.8, 4) is 0 Å². The van der Waals surface area contributed by atoms with Crippen molar-refractivity contribution in [2.24, 2.45) is 0 Å². The summed E-state index contributed by atoms with van der Waals surface area (Å²) >= 11 is 0. The first-order valence-corrected chi connectivity index (χ1v) is 4.31. The second-order valence-electron chi connectivity index (χ2n) is 2.59. The molecule has 0 fully saturated rings. The molecule has 1 heterocycles. The van der Waals surface area contributed by atoms with Gasteiger partial charge in [0.05, 0.1) is 0 Å². The van der Waals surface area contributed by atoms with Crippen LogP contribution in [0.1, 0.15) is 30.7 Å². The molecule has 12 heavy (non-hydrogen) atoms. The molecule has 0 radical (unpaired) electrons. The zero-order chi connectivity index (χ0) is 9.72. The van der Waals surface area contributed by atoms with Crippen LogP contribution >= 0.6 is 0 Å². The van der Waals surface area contributed by atoms with E-state index in [1.54, 1.807) is 0 Å². The molecule has 1 aromatic heterocycles. The summed E-state index contributed by atoms with van der Waals surface area (Å²) in [5.41, 5.74) is 8.85. The van der Waals surface area contributed by atoms with Gasteiger partial charge in [-0.05, 0) is 31.9 Å². The van der Waals surface area contributed by atoms with Crippen molar-refractivity contribution in [1.82, 2.24) is 4.98 Å². The molecule has 0 aliphatic rings. The minimum Gasteiger partial charge on any atom is -0.383 e. The van der Waals surface area contributed by atoms with E-state index in [0.29, 0.717) is 5.82 Å². The first kappa shape index (κ1) is 11.0. The Hall–Kier alpha value is -1.05. The first-order valence-electron chi connectivity index (χ1n) is 4.31. The van der Waals surface area contributed by atoms with E-state index in [-0.39, 0.29) is 0 Å². The van der Waals surface area contributed by atoms with Crippen LogP contribution in [0.3, 0.4) is 0 Å². The normalized spacial score (nSPS) is 8.75. The number of aromatic nitrogens is 1. The summed E-state index contributed by atoms with van der Waals surface area (Å²) in [7, 11) is 0. The largest absolute Gasteiger partial charge is 0.383 e. The van der Waals surface area contributed by atoms with Crippen LogP contribution in [0.5, 0.6) is 0 Å². The molecule has 68 valence electrons. The summed E-state index contributed by atoms with van der Waals surface area (Å²) in [5, 5.41) is 0. The van der Waals surface area contributed by atoms with Gasteiger partial charge in [0.2, 0.25) is 0 Å². The van der Waals surface area contributed by atoms with Crippen LogP contribution in [0, 0.1) is 20.8 Å². The van der Waals surface area contributed by atoms with Crippen LogP contribution in [0.2, 0.25) is 0 Å². The van der Waals surface area contributed by atoms with E-state index in [0.717, 1.165) is 11.3 Å². The second kappa shape index (κ2) is 4.75. The predicted octanol–water partition coefficient (Wildman–Crippen LogP) is 2.62. The maximum atomic E-state index is 5.58. The number of nitrogens with zero attached hydrogens (tertiary/aromatic N) is 1. The predicted molar refractivity (Wildman–Crippen MR) is 54.2 cm³/mol. The molecule has 0 aliphatic heterocycles. The van der Waals surface area contributed by atoms with Crippen molar-refractivity contribution in [1.29, 1.82) is 0 Å². The molecular weight excluding hydrogens is 148 g/mol. The molecule has 0 saturated heterocycles. The quantitative estimate of drug-likeness (QED) is 0.643. The lowest BCUT2D eigenvalue weighted by atomic mass is 10.2. The molecule has 2 N–H and O–H groups in total. The highest BCUT2D eigenvalue weighted by Gasteiger charge is 1.97. The molecule has 0 saturated carbocycles. The van der Waals surface area contributed by atoms with E-state index in [9.17, 15) is 0 Å². The van der Waals surface area contributed by atoms with Crippen LogP contribution in [0.4, 0.5) is 5.82 Å². The summed E-state index contributed by atoms with van der Waals surface area (Å²) in [4.78, 5) is 4.15. The summed E-state index contributed by atoms with van der Waals surface area (Å²) in [6.07, 6.45) is 0. The van der Waals surface area contributed by atoms with Gasteiger partial charge < -0.3 is 5.73 Å². The Bertz CT molecular complexity index is 204. The molecule has 2 heteroatoms. The third-order valence-electron chi connectivity index (χ3n) is 1.70. The van der Waals surface area contributed by atoms with Gasteiger partial charge in [-0.25, -0.2) is 4.98 Å². The van der Waals surface area contributed by atoms with Crippen molar-refractivity contribution in [2.45, 2.75) is 34.6 Å². The number of nitrogen functional groups attached to an aromatic ring is 1. The summed E-state index contributed by atoms with van der Waals surface area (Å²) in [6, 6.07) is 2.05. The minimum atomic E-state index is 0.642. The maximum Gasteiger partial charge on any atom is 0.126 e. The van der Waals surface area contributed by atoms with Crippen LogP contribution < -0.4 is 5.73 Å². The Morgan fingerprint density at radius 3 is 2.00 bits per heavy atom. The average molecular weight is 166 g/mol. The van der Waals surface area contributed by atoms with Gasteiger partial charge in [-0.3, -0.25) is 0 Å². The number of aryl methyl sites for hydroxylation is 3. The summed E-state index contributed by atoms with van der Waals surface area (Å²) in [5.74, 6) is 0.642. The smallest absolute Gasteiger partial charge is 0.126 e. The fourth-order valence-corrected chi connectivity index (χ4v) is 0.860. The van der Waals surface area contributed by atoms with Crippen LogP contribution in [-0.2, 0) is 0 Å². The Balaban J connectivity index is 0.000000561. The highest BCUT2D eigenvalue weighted by molar-refractivity contribution is 5.41. The SMILES string of the molecule is CC.Cc1cc(C)c(N)nc1C. The topological polar surface area (TPSA) is 38.9 Å². The fraction of sp³-hybridized carbons (Fsp3) is 0.500. The standard InChI is InChI=1S/C8H12N2.C2H6/c1-5-4-6(2)8(9)10-7(5)3;1-2/h4H,1-3H3,(H2,9,10);1-2H3. The second-order valence-corrected chi connectivity index (χ2v) is 2.59. The molecule has 2 nitrogen and oxygen atoms in total. The number of hydrogen-bond acceptors (Lipinski definition) is 2. The Morgan fingerprint density at radius 1 is 1.08 bits per heavy atom. The van der Waals surface area contributed by atoms with Gasteiger partial charge >= 0.3 is 0 Å². The number of nitrogens with two attached hydrogens (primary N) is 1. The lowest BCUT2D eigenvalue weighted by Crippen LogP contribution is -1.97. The highest BCUT2D eigenvalue weighted by atomic mass is 14.8. The lowest BCUT2D eigenvalue weighted by molar-refractivity contribution is 1.13. The zero-order valence-electron chi connectivity index (χ0n) is 8.60. The van der Waals surface area contributed by atoms with Crippen molar-refractivity contribution in [2.75, 3.05) is 5.73 Å². The minimum absolute atomic E-state index is 0.642. The third kappa shape index (κ3) is 2.53. The van der Waals surface area contributed by atoms with Gasteiger partial charge in [0.15, 0.2) is 0 Å². The van der Waals surface area contributed by atoms with Gasteiger partial charge in [-0.1, -0.05) is 19.9 Å². The Kier molecular flexibility index (Phi) is 4.34. The van der Waals surface area contributed by atoms with Crippen LogP contribution in [0.15, 0.2) is 6.07 Å². The average Bonchev–Trinajstić information content (AvgIpc) is 2.05. The van der Waals surface area contributed by atoms with E-state index < -0.39 is 0 Å². The van der Waals surface area contributed by atoms with E-state index in [4.69, 9.17) is 5.73 Å². The van der Waals surface area contributed by atoms with Crippen LogP contribution in [-0.4, -0.2) is 4.98 Å². The van der Waals surface area contributed by atoms with Gasteiger partial charge in [0, 0.05) is 5.69 Å². The molecule has 0 aromatic carbocycles. The molecule has 0 spiro atoms. The highest BCUT2D eigenvalue weighted by Crippen LogP contribution is 2.11. The van der Waals surface area contributed by atoms with Crippen molar-refractivity contribution < 1.29 is 0 Å². The Labute approximate surface area is 74.8 Å². The first-order chi connectivity index (χ1) is 5.61. The molecule has 0 unspecified atom stereocenters. The Morgan fingerprint density at radius 2 is 1.58 bits per heavy atom. The lowest BCUT2D eigenvalue weighted by Gasteiger charge is -2.02. The van der Waals surface area contributed by atoms with Gasteiger partial charge in [-0.2, -0.15) is 0 Å². The molecule has 1 rings (SSSR count). The summed E-state index contributed by atoms with van der Waals surface area (Å²) < 4.78 is 0.